The molecule has 0 aliphatic carbocycles. The van der Waals surface area contributed by atoms with E-state index in [-0.39, 0.29) is 12.3 Å². The summed E-state index contributed by atoms with van der Waals surface area (Å²) in [5.74, 6) is 0.118. The third kappa shape index (κ3) is 3.00. The van der Waals surface area contributed by atoms with Gasteiger partial charge in [0.2, 0.25) is 0 Å². The highest BCUT2D eigenvalue weighted by Gasteiger charge is 2.52. The molecule has 1 aromatic rings. The average molecular weight is 332 g/mol. The van der Waals surface area contributed by atoms with Crippen molar-refractivity contribution in [3.8, 4) is 5.75 Å². The first-order valence-electron chi connectivity index (χ1n) is 7.97. The zero-order valence-corrected chi connectivity index (χ0v) is 14.8. The smallest absolute Gasteiger partial charge is 0.325 e. The number of ether oxygens (including phenoxy) is 1. The third-order valence-electron chi connectivity index (χ3n) is 4.43. The van der Waals surface area contributed by atoms with Gasteiger partial charge in [-0.05, 0) is 24.1 Å². The van der Waals surface area contributed by atoms with Crippen molar-refractivity contribution in [1.82, 2.24) is 10.2 Å². The minimum atomic E-state index is -1.14. The van der Waals surface area contributed by atoms with Crippen LogP contribution in [0.1, 0.15) is 39.7 Å². The minimum absolute atomic E-state index is 0.160. The number of amides is 3. The van der Waals surface area contributed by atoms with Crippen LogP contribution in [-0.2, 0) is 15.1 Å². The lowest BCUT2D eigenvalue weighted by atomic mass is 9.86. The Bertz CT molecular complexity index is 661. The number of carbonyl (C=O) groups excluding carboxylic acids is 3. The number of methoxy groups -OCH3 is 1. The monoisotopic (exact) mass is 332 g/mol. The molecule has 1 fully saturated rings. The largest absolute Gasteiger partial charge is 0.497 e. The number of rotatable bonds is 5. The van der Waals surface area contributed by atoms with Gasteiger partial charge in [0, 0.05) is 5.41 Å². The number of benzene rings is 1. The zero-order valence-electron chi connectivity index (χ0n) is 14.8. The Balaban J connectivity index is 2.34. The van der Waals surface area contributed by atoms with Crippen LogP contribution in [-0.4, -0.2) is 36.3 Å². The van der Waals surface area contributed by atoms with E-state index in [1.165, 1.54) is 0 Å². The van der Waals surface area contributed by atoms with Crippen molar-refractivity contribution in [2.45, 2.75) is 39.7 Å². The third-order valence-corrected chi connectivity index (χ3v) is 4.43. The van der Waals surface area contributed by atoms with Crippen LogP contribution in [0.15, 0.2) is 24.3 Å². The number of Topliss-reactive ketones (excluding diaryl/α,β-unsaturated/α-hetero) is 1. The SMILES string of the molecule is CC[C@]1(c2ccc(OC)cc2)NC(=O)N(CC(=O)C(C)(C)C)C1=O. The van der Waals surface area contributed by atoms with Crippen LogP contribution in [0.25, 0.3) is 0 Å². The van der Waals surface area contributed by atoms with E-state index in [1.807, 2.05) is 6.92 Å². The van der Waals surface area contributed by atoms with Crippen LogP contribution in [0.4, 0.5) is 4.79 Å². The quantitative estimate of drug-likeness (QED) is 0.841. The molecule has 130 valence electrons. The molecule has 24 heavy (non-hydrogen) atoms. The fourth-order valence-electron chi connectivity index (χ4n) is 2.67. The van der Waals surface area contributed by atoms with Crippen LogP contribution in [0.2, 0.25) is 0 Å². The molecular formula is C18H24N2O4. The second-order valence-corrected chi connectivity index (χ2v) is 6.98. The number of urea groups is 1. The van der Waals surface area contributed by atoms with E-state index in [2.05, 4.69) is 5.32 Å². The highest BCUT2D eigenvalue weighted by Crippen LogP contribution is 2.33. The maximum Gasteiger partial charge on any atom is 0.325 e. The lowest BCUT2D eigenvalue weighted by molar-refractivity contribution is -0.137. The Labute approximate surface area is 142 Å². The molecule has 0 saturated carbocycles. The second kappa shape index (κ2) is 6.26. The summed E-state index contributed by atoms with van der Waals surface area (Å²) in [6.07, 6.45) is 0.393. The van der Waals surface area contributed by atoms with E-state index in [0.717, 1.165) is 4.90 Å². The van der Waals surface area contributed by atoms with Gasteiger partial charge in [0.1, 0.15) is 11.3 Å². The van der Waals surface area contributed by atoms with Gasteiger partial charge in [0.05, 0.1) is 13.7 Å². The first-order chi connectivity index (χ1) is 11.2. The van der Waals surface area contributed by atoms with Crippen molar-refractivity contribution in [1.29, 1.82) is 0 Å². The van der Waals surface area contributed by atoms with Crippen molar-refractivity contribution in [2.75, 3.05) is 13.7 Å². The molecule has 1 saturated heterocycles. The number of imide groups is 1. The maximum atomic E-state index is 12.9. The highest BCUT2D eigenvalue weighted by molar-refractivity contribution is 6.09. The van der Waals surface area contributed by atoms with Gasteiger partial charge in [0.25, 0.3) is 5.91 Å². The lowest BCUT2D eigenvalue weighted by Gasteiger charge is -2.26. The number of nitrogens with zero attached hydrogens (tertiary/aromatic N) is 1. The molecule has 1 N–H and O–H groups in total. The number of nitrogens with one attached hydrogen (secondary N) is 1. The summed E-state index contributed by atoms with van der Waals surface area (Å²) in [6.45, 7) is 6.92. The summed E-state index contributed by atoms with van der Waals surface area (Å²) in [4.78, 5) is 38.5. The van der Waals surface area contributed by atoms with E-state index in [4.69, 9.17) is 4.74 Å². The number of ketones is 1. The molecule has 0 aromatic heterocycles. The van der Waals surface area contributed by atoms with Crippen molar-refractivity contribution in [2.24, 2.45) is 5.41 Å². The molecule has 2 rings (SSSR count). The molecule has 0 spiro atoms. The Morgan fingerprint density at radius 3 is 2.25 bits per heavy atom. The number of hydrogen-bond acceptors (Lipinski definition) is 4. The molecule has 0 bridgehead atoms. The maximum absolute atomic E-state index is 12.9. The predicted molar refractivity (Wildman–Crippen MR) is 89.7 cm³/mol. The predicted octanol–water partition coefficient (Wildman–Crippen LogP) is 2.47. The summed E-state index contributed by atoms with van der Waals surface area (Å²) < 4.78 is 5.13. The fraction of sp³-hybridized carbons (Fsp3) is 0.500. The van der Waals surface area contributed by atoms with Crippen LogP contribution in [0, 0.1) is 5.41 Å². The zero-order chi connectivity index (χ0) is 18.1. The Hall–Kier alpha value is -2.37. The van der Waals surface area contributed by atoms with E-state index in [1.54, 1.807) is 52.1 Å². The standard InChI is InChI=1S/C18H24N2O4/c1-6-18(12-7-9-13(24-5)10-8-12)15(22)20(16(23)19-18)11-14(21)17(2,3)4/h7-10H,6,11H2,1-5H3,(H,19,23)/t18-/m1/s1. The first kappa shape index (κ1) is 18.0. The lowest BCUT2D eigenvalue weighted by Crippen LogP contribution is -2.44. The van der Waals surface area contributed by atoms with Crippen molar-refractivity contribution in [3.05, 3.63) is 29.8 Å². The van der Waals surface area contributed by atoms with Gasteiger partial charge >= 0.3 is 6.03 Å². The number of hydrogen-bond donors (Lipinski definition) is 1. The Kier molecular flexibility index (Phi) is 4.69. The Morgan fingerprint density at radius 1 is 1.21 bits per heavy atom. The summed E-state index contributed by atoms with van der Waals surface area (Å²) >= 11 is 0. The second-order valence-electron chi connectivity index (χ2n) is 6.98. The van der Waals surface area contributed by atoms with E-state index in [9.17, 15) is 14.4 Å². The minimum Gasteiger partial charge on any atom is -0.497 e. The van der Waals surface area contributed by atoms with E-state index in [0.29, 0.717) is 17.7 Å². The van der Waals surface area contributed by atoms with Gasteiger partial charge in [-0.25, -0.2) is 4.79 Å². The molecule has 1 aliphatic heterocycles. The van der Waals surface area contributed by atoms with Gasteiger partial charge in [-0.2, -0.15) is 0 Å². The molecular weight excluding hydrogens is 308 g/mol. The van der Waals surface area contributed by atoms with Gasteiger partial charge in [-0.3, -0.25) is 14.5 Å². The molecule has 0 unspecified atom stereocenters. The van der Waals surface area contributed by atoms with Crippen molar-refractivity contribution >= 4 is 17.7 Å². The highest BCUT2D eigenvalue weighted by atomic mass is 16.5. The number of carbonyl (C=O) groups is 3. The average Bonchev–Trinajstić information content (AvgIpc) is 2.79. The summed E-state index contributed by atoms with van der Waals surface area (Å²) in [7, 11) is 1.56. The van der Waals surface area contributed by atoms with Crippen molar-refractivity contribution in [3.63, 3.8) is 0 Å². The molecule has 1 atom stereocenters. The van der Waals surface area contributed by atoms with Crippen LogP contribution in [0.5, 0.6) is 5.75 Å². The van der Waals surface area contributed by atoms with E-state index >= 15 is 0 Å². The van der Waals surface area contributed by atoms with Crippen LogP contribution >= 0.6 is 0 Å². The molecule has 1 aliphatic rings. The van der Waals surface area contributed by atoms with Gasteiger partial charge < -0.3 is 10.1 Å². The van der Waals surface area contributed by atoms with E-state index < -0.39 is 22.9 Å². The van der Waals surface area contributed by atoms with Crippen LogP contribution < -0.4 is 10.1 Å². The molecule has 6 heteroatoms. The molecule has 3 amide bonds. The summed E-state index contributed by atoms with van der Waals surface area (Å²) in [5.41, 5.74) is -1.07. The van der Waals surface area contributed by atoms with Crippen molar-refractivity contribution < 1.29 is 19.1 Å². The summed E-state index contributed by atoms with van der Waals surface area (Å²) in [6, 6.07) is 6.48. The van der Waals surface area contributed by atoms with Gasteiger partial charge in [-0.15, -0.1) is 0 Å². The molecule has 1 aromatic carbocycles. The molecule has 1 heterocycles. The normalized spacial score (nSPS) is 21.0. The Morgan fingerprint density at radius 2 is 1.79 bits per heavy atom. The van der Waals surface area contributed by atoms with Gasteiger partial charge in [-0.1, -0.05) is 39.8 Å². The summed E-state index contributed by atoms with van der Waals surface area (Å²) in [5, 5.41) is 2.77. The molecule has 0 radical (unpaired) electrons. The fourth-order valence-corrected chi connectivity index (χ4v) is 2.67. The first-order valence-corrected chi connectivity index (χ1v) is 7.97. The van der Waals surface area contributed by atoms with Crippen LogP contribution in [0.3, 0.4) is 0 Å². The topological polar surface area (TPSA) is 75.7 Å². The van der Waals surface area contributed by atoms with Gasteiger partial charge in [0.15, 0.2) is 5.78 Å². The molecule has 6 nitrogen and oxygen atoms in total.